The van der Waals surface area contributed by atoms with Crippen LogP contribution in [0.3, 0.4) is 0 Å². The number of hydrogen-bond donors (Lipinski definition) is 0. The Morgan fingerprint density at radius 3 is 2.64 bits per heavy atom. The highest BCUT2D eigenvalue weighted by Gasteiger charge is 2.09. The molecule has 0 atom stereocenters. The van der Waals surface area contributed by atoms with Gasteiger partial charge in [-0.2, -0.15) is 0 Å². The molecule has 1 heterocycles. The first-order chi connectivity index (χ1) is 6.65. The third-order valence-electron chi connectivity index (χ3n) is 2.50. The van der Waals surface area contributed by atoms with Crippen LogP contribution in [0.4, 0.5) is 0 Å². The minimum Gasteiger partial charge on any atom is -0.349 e. The second-order valence-electron chi connectivity index (χ2n) is 3.38. The third-order valence-corrected chi connectivity index (χ3v) is 4.49. The molecule has 0 spiro atoms. The van der Waals surface area contributed by atoms with Gasteiger partial charge in [0.1, 0.15) is 0 Å². The van der Waals surface area contributed by atoms with Crippen LogP contribution >= 0.6 is 31.9 Å². The number of benzene rings is 1. The molecule has 0 radical (unpaired) electrons. The summed E-state index contributed by atoms with van der Waals surface area (Å²) in [4.78, 5) is 0. The summed E-state index contributed by atoms with van der Waals surface area (Å²) in [6, 6.07) is 4.26. The van der Waals surface area contributed by atoms with Gasteiger partial charge < -0.3 is 4.57 Å². The van der Waals surface area contributed by atoms with Crippen LogP contribution < -0.4 is 0 Å². The molecule has 1 aromatic carbocycles. The molecule has 2 aromatic rings. The van der Waals surface area contributed by atoms with Crippen molar-refractivity contribution in [2.75, 3.05) is 0 Å². The van der Waals surface area contributed by atoms with E-state index in [1.165, 1.54) is 16.5 Å². The fourth-order valence-electron chi connectivity index (χ4n) is 1.79. The van der Waals surface area contributed by atoms with Gasteiger partial charge in [0.15, 0.2) is 0 Å². The maximum Gasteiger partial charge on any atom is 0.0636 e. The molecular formula is C11H11Br2N. The molecule has 2 rings (SSSR count). The van der Waals surface area contributed by atoms with Crippen molar-refractivity contribution >= 4 is 42.8 Å². The van der Waals surface area contributed by atoms with E-state index in [4.69, 9.17) is 0 Å². The van der Waals surface area contributed by atoms with Gasteiger partial charge in [0.25, 0.3) is 0 Å². The van der Waals surface area contributed by atoms with Gasteiger partial charge in [-0.25, -0.2) is 0 Å². The number of halogens is 2. The van der Waals surface area contributed by atoms with Gasteiger partial charge in [-0.3, -0.25) is 0 Å². The molecule has 0 saturated heterocycles. The molecule has 3 heteroatoms. The Labute approximate surface area is 100 Å². The third kappa shape index (κ3) is 1.43. The Morgan fingerprint density at radius 1 is 1.29 bits per heavy atom. The fraction of sp³-hybridized carbons (Fsp3) is 0.273. The van der Waals surface area contributed by atoms with Gasteiger partial charge in [-0.1, -0.05) is 13.0 Å². The van der Waals surface area contributed by atoms with Crippen molar-refractivity contribution in [3.05, 3.63) is 32.8 Å². The van der Waals surface area contributed by atoms with Gasteiger partial charge in [0.05, 0.1) is 9.99 Å². The standard InChI is InChI=1S/C11H11Br2N/c1-3-7-6-14(2)11-8(7)4-5-9(12)10(11)13/h4-6H,3H2,1-2H3. The van der Waals surface area contributed by atoms with Crippen LogP contribution in [0.1, 0.15) is 12.5 Å². The van der Waals surface area contributed by atoms with Crippen molar-refractivity contribution in [3.8, 4) is 0 Å². The highest BCUT2D eigenvalue weighted by Crippen LogP contribution is 2.33. The van der Waals surface area contributed by atoms with Gasteiger partial charge in [0, 0.05) is 23.1 Å². The summed E-state index contributed by atoms with van der Waals surface area (Å²) in [6.45, 7) is 2.19. The topological polar surface area (TPSA) is 4.93 Å². The van der Waals surface area contributed by atoms with E-state index in [0.29, 0.717) is 0 Å². The number of hydrogen-bond acceptors (Lipinski definition) is 0. The Hall–Kier alpha value is -0.280. The van der Waals surface area contributed by atoms with Gasteiger partial charge >= 0.3 is 0 Å². The summed E-state index contributed by atoms with van der Waals surface area (Å²) in [7, 11) is 2.08. The van der Waals surface area contributed by atoms with Crippen LogP contribution in [0.25, 0.3) is 10.9 Å². The van der Waals surface area contributed by atoms with E-state index >= 15 is 0 Å². The predicted molar refractivity (Wildman–Crippen MR) is 67.7 cm³/mol. The maximum absolute atomic E-state index is 3.61. The minimum absolute atomic E-state index is 1.07. The molecule has 0 unspecified atom stereocenters. The average molecular weight is 317 g/mol. The van der Waals surface area contributed by atoms with E-state index in [1.54, 1.807) is 0 Å². The van der Waals surface area contributed by atoms with Crippen LogP contribution in [0.2, 0.25) is 0 Å². The zero-order valence-electron chi connectivity index (χ0n) is 8.14. The zero-order chi connectivity index (χ0) is 10.3. The highest BCUT2D eigenvalue weighted by molar-refractivity contribution is 9.13. The first-order valence-electron chi connectivity index (χ1n) is 4.57. The van der Waals surface area contributed by atoms with Gasteiger partial charge in [-0.05, 0) is 49.9 Å². The van der Waals surface area contributed by atoms with E-state index in [-0.39, 0.29) is 0 Å². The van der Waals surface area contributed by atoms with Crippen molar-refractivity contribution in [1.82, 2.24) is 4.57 Å². The number of fused-ring (bicyclic) bond motifs is 1. The van der Waals surface area contributed by atoms with Crippen molar-refractivity contribution < 1.29 is 0 Å². The van der Waals surface area contributed by atoms with Crippen LogP contribution in [0.15, 0.2) is 27.3 Å². The van der Waals surface area contributed by atoms with E-state index in [0.717, 1.165) is 15.4 Å². The number of aromatic nitrogens is 1. The van der Waals surface area contributed by atoms with Gasteiger partial charge in [0.2, 0.25) is 0 Å². The monoisotopic (exact) mass is 315 g/mol. The minimum atomic E-state index is 1.07. The Morgan fingerprint density at radius 2 is 2.00 bits per heavy atom. The highest BCUT2D eigenvalue weighted by atomic mass is 79.9. The lowest BCUT2D eigenvalue weighted by Gasteiger charge is -2.01. The molecule has 0 aliphatic rings. The smallest absolute Gasteiger partial charge is 0.0636 e. The summed E-state index contributed by atoms with van der Waals surface area (Å²) in [6.07, 6.45) is 3.27. The largest absolute Gasteiger partial charge is 0.349 e. The Balaban J connectivity index is 2.89. The van der Waals surface area contributed by atoms with Crippen LogP contribution in [-0.2, 0) is 13.5 Å². The first kappa shape index (κ1) is 10.2. The Kier molecular flexibility index (Phi) is 2.71. The molecule has 0 fully saturated rings. The molecule has 0 saturated carbocycles. The van der Waals surface area contributed by atoms with Crippen LogP contribution in [0.5, 0.6) is 0 Å². The summed E-state index contributed by atoms with van der Waals surface area (Å²) in [5.41, 5.74) is 2.66. The molecule has 0 aliphatic carbocycles. The molecule has 74 valence electrons. The SMILES string of the molecule is CCc1cn(C)c2c(Br)c(Br)ccc12. The second kappa shape index (κ2) is 3.70. The zero-order valence-corrected chi connectivity index (χ0v) is 11.3. The normalized spacial score (nSPS) is 11.1. The van der Waals surface area contributed by atoms with Crippen molar-refractivity contribution in [2.45, 2.75) is 13.3 Å². The van der Waals surface area contributed by atoms with Crippen molar-refractivity contribution in [1.29, 1.82) is 0 Å². The average Bonchev–Trinajstić information content (AvgIpc) is 2.49. The quantitative estimate of drug-likeness (QED) is 0.740. The molecule has 1 aromatic heterocycles. The summed E-state index contributed by atoms with van der Waals surface area (Å²) in [5, 5.41) is 1.34. The van der Waals surface area contributed by atoms with E-state index < -0.39 is 0 Å². The van der Waals surface area contributed by atoms with Crippen LogP contribution in [0, 0.1) is 0 Å². The molecule has 0 aliphatic heterocycles. The van der Waals surface area contributed by atoms with E-state index in [9.17, 15) is 0 Å². The number of aryl methyl sites for hydroxylation is 2. The summed E-state index contributed by atoms with van der Waals surface area (Å²) >= 11 is 7.13. The summed E-state index contributed by atoms with van der Waals surface area (Å²) < 4.78 is 4.41. The first-order valence-corrected chi connectivity index (χ1v) is 6.15. The van der Waals surface area contributed by atoms with E-state index in [2.05, 4.69) is 68.7 Å². The molecule has 0 bridgehead atoms. The predicted octanol–water partition coefficient (Wildman–Crippen LogP) is 4.27. The lowest BCUT2D eigenvalue weighted by atomic mass is 10.1. The molecule has 14 heavy (non-hydrogen) atoms. The second-order valence-corrected chi connectivity index (χ2v) is 5.02. The molecule has 0 N–H and O–H groups in total. The number of rotatable bonds is 1. The lowest BCUT2D eigenvalue weighted by molar-refractivity contribution is 0.952. The summed E-state index contributed by atoms with van der Waals surface area (Å²) in [5.74, 6) is 0. The fourth-order valence-corrected chi connectivity index (χ4v) is 2.74. The molecule has 0 amide bonds. The van der Waals surface area contributed by atoms with Crippen molar-refractivity contribution in [3.63, 3.8) is 0 Å². The van der Waals surface area contributed by atoms with Crippen molar-refractivity contribution in [2.24, 2.45) is 7.05 Å². The maximum atomic E-state index is 3.61. The lowest BCUT2D eigenvalue weighted by Crippen LogP contribution is -1.85. The molecule has 1 nitrogen and oxygen atoms in total. The van der Waals surface area contributed by atoms with Crippen LogP contribution in [-0.4, -0.2) is 4.57 Å². The molecular weight excluding hydrogens is 306 g/mol. The van der Waals surface area contributed by atoms with E-state index in [1.807, 2.05) is 0 Å². The van der Waals surface area contributed by atoms with Gasteiger partial charge in [-0.15, -0.1) is 0 Å². The number of nitrogens with zero attached hydrogens (tertiary/aromatic N) is 1. The Bertz CT molecular complexity index is 485.